The number of nitrogens with one attached hydrogen (secondary N) is 2. The molecule has 4 nitrogen and oxygen atoms in total. The Bertz CT molecular complexity index is 666. The molecule has 0 heterocycles. The first-order valence-corrected chi connectivity index (χ1v) is 7.32. The van der Waals surface area contributed by atoms with Crippen LogP contribution in [0.2, 0.25) is 0 Å². The first-order chi connectivity index (χ1) is 10.6. The van der Waals surface area contributed by atoms with Crippen LogP contribution in [0.15, 0.2) is 48.5 Å². The van der Waals surface area contributed by atoms with Crippen molar-refractivity contribution in [3.63, 3.8) is 0 Å². The highest BCUT2D eigenvalue weighted by molar-refractivity contribution is 5.99. The molecule has 0 aliphatic heterocycles. The van der Waals surface area contributed by atoms with Gasteiger partial charge in [0.05, 0.1) is 6.54 Å². The molecule has 0 saturated heterocycles. The Balaban J connectivity index is 1.92. The van der Waals surface area contributed by atoms with Crippen molar-refractivity contribution < 1.29 is 9.59 Å². The Labute approximate surface area is 130 Å². The minimum absolute atomic E-state index is 0.0521. The topological polar surface area (TPSA) is 58.2 Å². The molecule has 0 aliphatic carbocycles. The first-order valence-electron chi connectivity index (χ1n) is 7.32. The second-order valence-corrected chi connectivity index (χ2v) is 5.10. The average Bonchev–Trinajstić information content (AvgIpc) is 2.55. The summed E-state index contributed by atoms with van der Waals surface area (Å²) in [4.78, 5) is 23.9. The van der Waals surface area contributed by atoms with E-state index in [1.807, 2.05) is 31.2 Å². The number of carbonyl (C=O) groups excluding carboxylic acids is 2. The summed E-state index contributed by atoms with van der Waals surface area (Å²) >= 11 is 0. The van der Waals surface area contributed by atoms with Crippen LogP contribution in [0.25, 0.3) is 0 Å². The van der Waals surface area contributed by atoms with Crippen LogP contribution in [0.1, 0.15) is 28.4 Å². The number of hydrogen-bond donors (Lipinski definition) is 2. The molecule has 22 heavy (non-hydrogen) atoms. The zero-order chi connectivity index (χ0) is 15.9. The van der Waals surface area contributed by atoms with E-state index in [0.717, 1.165) is 23.2 Å². The number of amides is 2. The number of aryl methyl sites for hydroxylation is 2. The van der Waals surface area contributed by atoms with Crippen LogP contribution in [0.5, 0.6) is 0 Å². The van der Waals surface area contributed by atoms with Crippen LogP contribution in [0, 0.1) is 6.92 Å². The molecule has 2 rings (SSSR count). The molecule has 4 heteroatoms. The molecule has 0 aromatic heterocycles. The van der Waals surface area contributed by atoms with Gasteiger partial charge in [-0.05, 0) is 42.7 Å². The summed E-state index contributed by atoms with van der Waals surface area (Å²) in [5.74, 6) is -0.490. The van der Waals surface area contributed by atoms with Gasteiger partial charge >= 0.3 is 0 Å². The fraction of sp³-hybridized carbons (Fsp3) is 0.222. The lowest BCUT2D eigenvalue weighted by molar-refractivity contribution is -0.115. The van der Waals surface area contributed by atoms with E-state index in [1.165, 1.54) is 0 Å². The third-order valence-electron chi connectivity index (χ3n) is 3.43. The minimum Gasteiger partial charge on any atom is -0.343 e. The standard InChI is InChI=1S/C18H20N2O2/c1-3-14-10-9-13(2)16(11-14)20-17(21)12-19-18(22)15-7-5-4-6-8-15/h4-11H,3,12H2,1-2H3,(H,19,22)(H,20,21). The molecule has 0 radical (unpaired) electrons. The van der Waals surface area contributed by atoms with E-state index >= 15 is 0 Å². The summed E-state index contributed by atoms with van der Waals surface area (Å²) in [5, 5.41) is 5.45. The Hall–Kier alpha value is -2.62. The van der Waals surface area contributed by atoms with Crippen molar-refractivity contribution in [2.75, 3.05) is 11.9 Å². The lowest BCUT2D eigenvalue weighted by Gasteiger charge is -2.11. The maximum absolute atomic E-state index is 12.0. The van der Waals surface area contributed by atoms with E-state index in [9.17, 15) is 9.59 Å². The van der Waals surface area contributed by atoms with E-state index in [4.69, 9.17) is 0 Å². The van der Waals surface area contributed by atoms with Crippen LogP contribution in [-0.2, 0) is 11.2 Å². The fourth-order valence-electron chi connectivity index (χ4n) is 2.07. The number of hydrogen-bond acceptors (Lipinski definition) is 2. The molecule has 0 bridgehead atoms. The monoisotopic (exact) mass is 296 g/mol. The predicted octanol–water partition coefficient (Wildman–Crippen LogP) is 2.93. The van der Waals surface area contributed by atoms with Gasteiger partial charge in [0.15, 0.2) is 0 Å². The van der Waals surface area contributed by atoms with Crippen molar-refractivity contribution in [3.8, 4) is 0 Å². The second-order valence-electron chi connectivity index (χ2n) is 5.10. The van der Waals surface area contributed by atoms with Gasteiger partial charge in [0.2, 0.25) is 5.91 Å². The SMILES string of the molecule is CCc1ccc(C)c(NC(=O)CNC(=O)c2ccccc2)c1. The average molecular weight is 296 g/mol. The minimum atomic E-state index is -0.255. The first kappa shape index (κ1) is 15.8. The zero-order valence-electron chi connectivity index (χ0n) is 12.8. The van der Waals surface area contributed by atoms with Crippen LogP contribution in [0.4, 0.5) is 5.69 Å². The molecule has 114 valence electrons. The van der Waals surface area contributed by atoms with Gasteiger partial charge in [-0.3, -0.25) is 9.59 Å². The quantitative estimate of drug-likeness (QED) is 0.891. The van der Waals surface area contributed by atoms with Crippen molar-refractivity contribution in [3.05, 3.63) is 65.2 Å². The highest BCUT2D eigenvalue weighted by Gasteiger charge is 2.09. The van der Waals surface area contributed by atoms with Crippen molar-refractivity contribution in [1.29, 1.82) is 0 Å². The molecule has 0 aliphatic rings. The molecule has 0 fully saturated rings. The maximum atomic E-state index is 12.0. The summed E-state index contributed by atoms with van der Waals surface area (Å²) in [5.41, 5.74) is 3.49. The summed E-state index contributed by atoms with van der Waals surface area (Å²) in [6, 6.07) is 14.8. The molecule has 2 amide bonds. The molecule has 2 aromatic carbocycles. The highest BCUT2D eigenvalue weighted by atomic mass is 16.2. The smallest absolute Gasteiger partial charge is 0.251 e. The zero-order valence-corrected chi connectivity index (χ0v) is 12.8. The van der Waals surface area contributed by atoms with Crippen molar-refractivity contribution in [2.45, 2.75) is 20.3 Å². The Kier molecular flexibility index (Phi) is 5.31. The summed E-state index contributed by atoms with van der Waals surface area (Å²) in [7, 11) is 0. The van der Waals surface area contributed by atoms with E-state index in [-0.39, 0.29) is 18.4 Å². The van der Waals surface area contributed by atoms with Crippen molar-refractivity contribution >= 4 is 17.5 Å². The van der Waals surface area contributed by atoms with Gasteiger partial charge in [-0.2, -0.15) is 0 Å². The van der Waals surface area contributed by atoms with Crippen molar-refractivity contribution in [1.82, 2.24) is 5.32 Å². The molecule has 2 aromatic rings. The van der Waals surface area contributed by atoms with Crippen LogP contribution >= 0.6 is 0 Å². The van der Waals surface area contributed by atoms with Crippen molar-refractivity contribution in [2.24, 2.45) is 0 Å². The maximum Gasteiger partial charge on any atom is 0.251 e. The largest absolute Gasteiger partial charge is 0.343 e. The van der Waals surface area contributed by atoms with Gasteiger partial charge in [0, 0.05) is 11.3 Å². The van der Waals surface area contributed by atoms with Gasteiger partial charge in [0.1, 0.15) is 0 Å². The third-order valence-corrected chi connectivity index (χ3v) is 3.43. The molecule has 2 N–H and O–H groups in total. The van der Waals surface area contributed by atoms with Gasteiger partial charge in [-0.25, -0.2) is 0 Å². The van der Waals surface area contributed by atoms with Crippen LogP contribution in [-0.4, -0.2) is 18.4 Å². The van der Waals surface area contributed by atoms with Gasteiger partial charge < -0.3 is 10.6 Å². The predicted molar refractivity (Wildman–Crippen MR) is 88.0 cm³/mol. The van der Waals surface area contributed by atoms with E-state index in [0.29, 0.717) is 5.56 Å². The molecular formula is C18H20N2O2. The highest BCUT2D eigenvalue weighted by Crippen LogP contribution is 2.17. The fourth-order valence-corrected chi connectivity index (χ4v) is 2.07. The van der Waals surface area contributed by atoms with E-state index in [1.54, 1.807) is 24.3 Å². The molecule has 0 atom stereocenters. The third kappa shape index (κ3) is 4.19. The summed E-state index contributed by atoms with van der Waals surface area (Å²) in [6.07, 6.45) is 0.911. The van der Waals surface area contributed by atoms with E-state index in [2.05, 4.69) is 17.6 Å². The Morgan fingerprint density at radius 3 is 2.45 bits per heavy atom. The van der Waals surface area contributed by atoms with Gasteiger partial charge in [0.25, 0.3) is 5.91 Å². The van der Waals surface area contributed by atoms with Gasteiger partial charge in [-0.1, -0.05) is 37.3 Å². The molecular weight excluding hydrogens is 276 g/mol. The second kappa shape index (κ2) is 7.41. The molecule has 0 spiro atoms. The molecule has 0 saturated carbocycles. The normalized spacial score (nSPS) is 10.1. The van der Waals surface area contributed by atoms with E-state index < -0.39 is 0 Å². The molecule has 0 unspecified atom stereocenters. The summed E-state index contributed by atoms with van der Waals surface area (Å²) in [6.45, 7) is 3.96. The van der Waals surface area contributed by atoms with Crippen LogP contribution < -0.4 is 10.6 Å². The number of anilines is 1. The number of benzene rings is 2. The lowest BCUT2D eigenvalue weighted by Crippen LogP contribution is -2.33. The Morgan fingerprint density at radius 2 is 1.77 bits per heavy atom. The van der Waals surface area contributed by atoms with Crippen LogP contribution in [0.3, 0.4) is 0 Å². The number of carbonyl (C=O) groups is 2. The Morgan fingerprint density at radius 1 is 1.05 bits per heavy atom. The lowest BCUT2D eigenvalue weighted by atomic mass is 10.1. The van der Waals surface area contributed by atoms with Gasteiger partial charge in [-0.15, -0.1) is 0 Å². The summed E-state index contributed by atoms with van der Waals surface area (Å²) < 4.78 is 0. The number of rotatable bonds is 5.